The smallest absolute Gasteiger partial charge is 0.146 e. The van der Waals surface area contributed by atoms with E-state index in [2.05, 4.69) is 12.1 Å². The summed E-state index contributed by atoms with van der Waals surface area (Å²) in [4.78, 5) is 0. The fraction of sp³-hybridized carbons (Fsp3) is 0.455. The van der Waals surface area contributed by atoms with Crippen molar-refractivity contribution in [1.82, 2.24) is 0 Å². The van der Waals surface area contributed by atoms with Gasteiger partial charge in [-0.15, -0.1) is 0 Å². The summed E-state index contributed by atoms with van der Waals surface area (Å²) >= 11 is 0. The number of hydrogen-bond acceptors (Lipinski definition) is 2. The molecular formula is C22H29FN2OS. The van der Waals surface area contributed by atoms with Gasteiger partial charge in [-0.1, -0.05) is 49.2 Å². The molecule has 0 aliphatic heterocycles. The van der Waals surface area contributed by atoms with Crippen LogP contribution in [-0.4, -0.2) is 8.96 Å². The van der Waals surface area contributed by atoms with E-state index in [1.165, 1.54) is 18.9 Å². The van der Waals surface area contributed by atoms with Gasteiger partial charge in [0.05, 0.1) is 21.4 Å². The van der Waals surface area contributed by atoms with Crippen molar-refractivity contribution in [3.63, 3.8) is 0 Å². The molecule has 0 amide bonds. The highest BCUT2D eigenvalue weighted by molar-refractivity contribution is 7.84. The minimum Gasteiger partial charge on any atom is -0.396 e. The van der Waals surface area contributed by atoms with Crippen LogP contribution in [0.25, 0.3) is 0 Å². The van der Waals surface area contributed by atoms with E-state index >= 15 is 0 Å². The lowest BCUT2D eigenvalue weighted by atomic mass is 9.66. The highest BCUT2D eigenvalue weighted by atomic mass is 32.2. The van der Waals surface area contributed by atoms with Gasteiger partial charge in [0.25, 0.3) is 0 Å². The second-order valence-electron chi connectivity index (χ2n) is 8.40. The Balaban J connectivity index is 2.16. The van der Waals surface area contributed by atoms with Gasteiger partial charge < -0.3 is 5.73 Å². The molecular weight excluding hydrogens is 359 g/mol. The predicted molar refractivity (Wildman–Crippen MR) is 111 cm³/mol. The first kappa shape index (κ1) is 20.0. The lowest BCUT2D eigenvalue weighted by molar-refractivity contribution is 0.370. The number of hydrogen-bond donors (Lipinski definition) is 2. The zero-order valence-electron chi connectivity index (χ0n) is 16.1. The van der Waals surface area contributed by atoms with Crippen LogP contribution in [0, 0.1) is 11.7 Å². The highest BCUT2D eigenvalue weighted by Gasteiger charge is 2.42. The second kappa shape index (κ2) is 7.72. The SMILES string of the molecule is CC(C)(CC(CCC1CC1)(c1ccccc1)c1ccc(F)c(N)c1)S(N)=O. The lowest BCUT2D eigenvalue weighted by Gasteiger charge is -2.41. The highest BCUT2D eigenvalue weighted by Crippen LogP contribution is 2.47. The molecule has 1 aliphatic carbocycles. The summed E-state index contributed by atoms with van der Waals surface area (Å²) < 4.78 is 25.6. The van der Waals surface area contributed by atoms with Crippen molar-refractivity contribution >= 4 is 16.7 Å². The van der Waals surface area contributed by atoms with Crippen molar-refractivity contribution in [1.29, 1.82) is 0 Å². The molecule has 0 bridgehead atoms. The molecule has 146 valence electrons. The standard InChI is InChI=1S/C22H29FN2OS/c1-21(2,27(25)26)15-22(13-12-16-8-9-16,17-6-4-3-5-7-17)18-10-11-19(23)20(24)14-18/h3-7,10-11,14,16H,8-9,12-13,15,24-25H2,1-2H3. The zero-order chi connectivity index (χ0) is 19.7. The van der Waals surface area contributed by atoms with Crippen molar-refractivity contribution in [3.8, 4) is 0 Å². The van der Waals surface area contributed by atoms with E-state index in [9.17, 15) is 8.60 Å². The largest absolute Gasteiger partial charge is 0.396 e. The topological polar surface area (TPSA) is 69.1 Å². The van der Waals surface area contributed by atoms with E-state index in [-0.39, 0.29) is 5.69 Å². The third-order valence-electron chi connectivity index (χ3n) is 5.82. The molecule has 0 saturated heterocycles. The van der Waals surface area contributed by atoms with Crippen molar-refractivity contribution in [2.75, 3.05) is 5.73 Å². The van der Waals surface area contributed by atoms with Gasteiger partial charge in [0.15, 0.2) is 0 Å². The van der Waals surface area contributed by atoms with Gasteiger partial charge in [0.2, 0.25) is 0 Å². The number of benzene rings is 2. The Morgan fingerprint density at radius 3 is 2.33 bits per heavy atom. The number of nitrogens with two attached hydrogens (primary N) is 2. The van der Waals surface area contributed by atoms with Crippen molar-refractivity contribution < 1.29 is 8.60 Å². The molecule has 2 unspecified atom stereocenters. The van der Waals surface area contributed by atoms with Crippen LogP contribution in [0.4, 0.5) is 10.1 Å². The molecule has 2 aromatic carbocycles. The average molecular weight is 389 g/mol. The molecule has 1 saturated carbocycles. The van der Waals surface area contributed by atoms with Crippen molar-refractivity contribution in [3.05, 3.63) is 65.5 Å². The number of anilines is 1. The maximum Gasteiger partial charge on any atom is 0.146 e. The van der Waals surface area contributed by atoms with Gasteiger partial charge in [-0.25, -0.2) is 8.60 Å². The third kappa shape index (κ3) is 4.41. The summed E-state index contributed by atoms with van der Waals surface area (Å²) in [5.41, 5.74) is 7.76. The van der Waals surface area contributed by atoms with Gasteiger partial charge >= 0.3 is 0 Å². The van der Waals surface area contributed by atoms with Gasteiger partial charge in [0, 0.05) is 5.41 Å². The van der Waals surface area contributed by atoms with Crippen LogP contribution in [0.15, 0.2) is 48.5 Å². The predicted octanol–water partition coefficient (Wildman–Crippen LogP) is 4.68. The first-order chi connectivity index (χ1) is 12.7. The maximum absolute atomic E-state index is 13.9. The number of halogens is 1. The molecule has 3 rings (SSSR count). The molecule has 0 spiro atoms. The maximum atomic E-state index is 13.9. The summed E-state index contributed by atoms with van der Waals surface area (Å²) in [6, 6.07) is 15.2. The van der Waals surface area contributed by atoms with Crippen molar-refractivity contribution in [2.45, 2.75) is 56.1 Å². The molecule has 1 aliphatic rings. The van der Waals surface area contributed by atoms with Gasteiger partial charge in [-0.3, -0.25) is 5.14 Å². The molecule has 0 aromatic heterocycles. The average Bonchev–Trinajstić information content (AvgIpc) is 3.46. The summed E-state index contributed by atoms with van der Waals surface area (Å²) in [6.45, 7) is 3.87. The Morgan fingerprint density at radius 1 is 1.11 bits per heavy atom. The molecule has 0 radical (unpaired) electrons. The van der Waals surface area contributed by atoms with Crippen LogP contribution in [0.2, 0.25) is 0 Å². The normalized spacial score (nSPS) is 18.1. The van der Waals surface area contributed by atoms with Gasteiger partial charge in [-0.05, 0) is 62.3 Å². The van der Waals surface area contributed by atoms with Crippen molar-refractivity contribution in [2.24, 2.45) is 11.1 Å². The summed E-state index contributed by atoms with van der Waals surface area (Å²) in [7, 11) is -1.48. The van der Waals surface area contributed by atoms with E-state index < -0.39 is 27.0 Å². The van der Waals surface area contributed by atoms with Crippen LogP contribution in [0.5, 0.6) is 0 Å². The Labute approximate surface area is 163 Å². The molecule has 0 heterocycles. The molecule has 4 N–H and O–H groups in total. The molecule has 27 heavy (non-hydrogen) atoms. The fourth-order valence-electron chi connectivity index (χ4n) is 4.00. The number of nitrogen functional groups attached to an aromatic ring is 1. The third-order valence-corrected chi connectivity index (χ3v) is 7.06. The fourth-order valence-corrected chi connectivity index (χ4v) is 4.39. The van der Waals surface area contributed by atoms with Crippen LogP contribution in [-0.2, 0) is 16.4 Å². The Hall–Kier alpha value is -1.72. The molecule has 1 fully saturated rings. The monoisotopic (exact) mass is 388 g/mol. The zero-order valence-corrected chi connectivity index (χ0v) is 16.9. The molecule has 3 nitrogen and oxygen atoms in total. The van der Waals surface area contributed by atoms with Gasteiger partial charge in [0.1, 0.15) is 5.82 Å². The quantitative estimate of drug-likeness (QED) is 0.645. The van der Waals surface area contributed by atoms with Crippen LogP contribution >= 0.6 is 0 Å². The minimum absolute atomic E-state index is 0.144. The summed E-state index contributed by atoms with van der Waals surface area (Å²) in [6.07, 6.45) is 5.11. The molecule has 2 aromatic rings. The first-order valence-electron chi connectivity index (χ1n) is 9.52. The van der Waals surface area contributed by atoms with E-state index in [4.69, 9.17) is 10.9 Å². The van der Waals surface area contributed by atoms with E-state index in [0.29, 0.717) is 6.42 Å². The van der Waals surface area contributed by atoms with Crippen LogP contribution in [0.1, 0.15) is 57.1 Å². The van der Waals surface area contributed by atoms with E-state index in [1.807, 2.05) is 38.1 Å². The summed E-state index contributed by atoms with van der Waals surface area (Å²) in [5.74, 6) is 0.335. The van der Waals surface area contributed by atoms with Crippen LogP contribution < -0.4 is 10.9 Å². The molecule has 2 atom stereocenters. The Bertz CT molecular complexity index is 820. The second-order valence-corrected chi connectivity index (χ2v) is 10.1. The number of rotatable bonds is 8. The Morgan fingerprint density at radius 2 is 1.78 bits per heavy atom. The minimum atomic E-state index is -1.48. The van der Waals surface area contributed by atoms with E-state index in [1.54, 1.807) is 6.07 Å². The Kier molecular flexibility index (Phi) is 5.73. The van der Waals surface area contributed by atoms with E-state index in [0.717, 1.165) is 29.9 Å². The summed E-state index contributed by atoms with van der Waals surface area (Å²) in [5, 5.41) is 5.84. The van der Waals surface area contributed by atoms with Gasteiger partial charge in [-0.2, -0.15) is 0 Å². The first-order valence-corrected chi connectivity index (χ1v) is 10.7. The lowest BCUT2D eigenvalue weighted by Crippen LogP contribution is -2.42. The molecule has 5 heteroatoms. The van der Waals surface area contributed by atoms with Crippen LogP contribution in [0.3, 0.4) is 0 Å².